The van der Waals surface area contributed by atoms with Crippen LogP contribution >= 0.6 is 0 Å². The molecule has 0 aliphatic heterocycles. The van der Waals surface area contributed by atoms with Gasteiger partial charge in [0.25, 0.3) is 0 Å². The van der Waals surface area contributed by atoms with E-state index in [1.54, 1.807) is 0 Å². The Bertz CT molecular complexity index is 425. The number of hydrazine groups is 1. The van der Waals surface area contributed by atoms with Crippen molar-refractivity contribution in [3.05, 3.63) is 11.4 Å². The molecule has 1 aliphatic carbocycles. The molecule has 1 aliphatic rings. The van der Waals surface area contributed by atoms with Crippen molar-refractivity contribution in [2.45, 2.75) is 71.3 Å². The van der Waals surface area contributed by atoms with Crippen molar-refractivity contribution in [2.24, 2.45) is 5.84 Å². The fourth-order valence-corrected chi connectivity index (χ4v) is 2.80. The van der Waals surface area contributed by atoms with Gasteiger partial charge in [-0.2, -0.15) is 0 Å². The number of anilines is 2. The third-order valence-electron chi connectivity index (χ3n) is 4.09. The topological polar surface area (TPSA) is 75.9 Å². The third-order valence-corrected chi connectivity index (χ3v) is 4.09. The predicted molar refractivity (Wildman–Crippen MR) is 83.7 cm³/mol. The molecule has 0 saturated heterocycles. The number of rotatable bonds is 4. The highest BCUT2D eigenvalue weighted by Crippen LogP contribution is 2.24. The molecule has 0 radical (unpaired) electrons. The first-order valence-corrected chi connectivity index (χ1v) is 7.85. The Hall–Kier alpha value is -1.36. The molecule has 2 rings (SSSR count). The summed E-state index contributed by atoms with van der Waals surface area (Å²) in [7, 11) is 0. The van der Waals surface area contributed by atoms with E-state index in [-0.39, 0.29) is 0 Å². The van der Waals surface area contributed by atoms with Crippen molar-refractivity contribution in [3.63, 3.8) is 0 Å². The standard InChI is InChI=1S/C15H27N5/c1-3-13-18-14(11(2)15(19-13)20-16)17-12-9-7-5-4-6-8-10-12/h12H,3-10,16H2,1-2H3,(H2,17,18,19,20). The Morgan fingerprint density at radius 1 is 1.05 bits per heavy atom. The van der Waals surface area contributed by atoms with Gasteiger partial charge in [0.2, 0.25) is 0 Å². The molecule has 112 valence electrons. The summed E-state index contributed by atoms with van der Waals surface area (Å²) in [4.78, 5) is 9.04. The van der Waals surface area contributed by atoms with Gasteiger partial charge in [-0.1, -0.05) is 39.0 Å². The molecule has 1 aromatic heterocycles. The zero-order valence-electron chi connectivity index (χ0n) is 12.7. The maximum Gasteiger partial charge on any atom is 0.148 e. The van der Waals surface area contributed by atoms with Gasteiger partial charge in [0.05, 0.1) is 0 Å². The molecule has 1 saturated carbocycles. The molecule has 1 heterocycles. The van der Waals surface area contributed by atoms with Crippen molar-refractivity contribution >= 4 is 11.6 Å². The minimum absolute atomic E-state index is 0.527. The van der Waals surface area contributed by atoms with Crippen LogP contribution in [0.4, 0.5) is 11.6 Å². The summed E-state index contributed by atoms with van der Waals surface area (Å²) >= 11 is 0. The van der Waals surface area contributed by atoms with E-state index < -0.39 is 0 Å². The molecule has 1 fully saturated rings. The molecule has 0 unspecified atom stereocenters. The van der Waals surface area contributed by atoms with E-state index in [2.05, 4.69) is 27.6 Å². The smallest absolute Gasteiger partial charge is 0.148 e. The molecule has 0 spiro atoms. The second-order valence-corrected chi connectivity index (χ2v) is 5.65. The van der Waals surface area contributed by atoms with Gasteiger partial charge >= 0.3 is 0 Å². The van der Waals surface area contributed by atoms with Gasteiger partial charge in [0, 0.05) is 18.0 Å². The maximum atomic E-state index is 5.55. The Labute approximate surface area is 121 Å². The lowest BCUT2D eigenvalue weighted by Crippen LogP contribution is -2.23. The highest BCUT2D eigenvalue weighted by molar-refractivity contribution is 5.57. The number of nitrogens with one attached hydrogen (secondary N) is 2. The molecule has 5 nitrogen and oxygen atoms in total. The second-order valence-electron chi connectivity index (χ2n) is 5.65. The van der Waals surface area contributed by atoms with Crippen LogP contribution in [0.3, 0.4) is 0 Å². The van der Waals surface area contributed by atoms with E-state index in [1.807, 2.05) is 6.92 Å². The fraction of sp³-hybridized carbons (Fsp3) is 0.733. The molecular weight excluding hydrogens is 250 g/mol. The van der Waals surface area contributed by atoms with Crippen LogP contribution in [-0.4, -0.2) is 16.0 Å². The molecule has 0 atom stereocenters. The maximum absolute atomic E-state index is 5.55. The van der Waals surface area contributed by atoms with Crippen LogP contribution in [0.2, 0.25) is 0 Å². The average Bonchev–Trinajstić information content (AvgIpc) is 2.43. The van der Waals surface area contributed by atoms with Gasteiger partial charge < -0.3 is 10.7 Å². The van der Waals surface area contributed by atoms with E-state index in [4.69, 9.17) is 5.84 Å². The number of nitrogens with zero attached hydrogens (tertiary/aromatic N) is 2. The van der Waals surface area contributed by atoms with E-state index in [9.17, 15) is 0 Å². The molecule has 5 heteroatoms. The van der Waals surface area contributed by atoms with Crippen LogP contribution in [0, 0.1) is 6.92 Å². The first kappa shape index (κ1) is 15.0. The predicted octanol–water partition coefficient (Wildman–Crippen LogP) is 3.16. The van der Waals surface area contributed by atoms with Crippen molar-refractivity contribution in [2.75, 3.05) is 10.7 Å². The van der Waals surface area contributed by atoms with E-state index in [0.29, 0.717) is 6.04 Å². The Morgan fingerprint density at radius 3 is 2.25 bits per heavy atom. The largest absolute Gasteiger partial charge is 0.367 e. The normalized spacial score (nSPS) is 17.4. The van der Waals surface area contributed by atoms with Gasteiger partial charge in [0.1, 0.15) is 17.5 Å². The van der Waals surface area contributed by atoms with Crippen molar-refractivity contribution in [3.8, 4) is 0 Å². The number of aryl methyl sites for hydroxylation is 1. The van der Waals surface area contributed by atoms with Crippen LogP contribution in [0.25, 0.3) is 0 Å². The van der Waals surface area contributed by atoms with Crippen molar-refractivity contribution in [1.82, 2.24) is 9.97 Å². The Morgan fingerprint density at radius 2 is 1.65 bits per heavy atom. The molecule has 0 bridgehead atoms. The molecular formula is C15H27N5. The fourth-order valence-electron chi connectivity index (χ4n) is 2.80. The zero-order chi connectivity index (χ0) is 14.4. The van der Waals surface area contributed by atoms with E-state index >= 15 is 0 Å². The van der Waals surface area contributed by atoms with Crippen LogP contribution < -0.4 is 16.6 Å². The summed E-state index contributed by atoms with van der Waals surface area (Å²) in [6, 6.07) is 0.527. The van der Waals surface area contributed by atoms with Crippen molar-refractivity contribution in [1.29, 1.82) is 0 Å². The lowest BCUT2D eigenvalue weighted by atomic mass is 9.96. The van der Waals surface area contributed by atoms with Crippen molar-refractivity contribution < 1.29 is 0 Å². The average molecular weight is 277 g/mol. The Balaban J connectivity index is 2.14. The molecule has 0 aromatic carbocycles. The van der Waals surface area contributed by atoms with Crippen LogP contribution in [0.15, 0.2) is 0 Å². The first-order chi connectivity index (χ1) is 9.74. The highest BCUT2D eigenvalue weighted by atomic mass is 15.3. The van der Waals surface area contributed by atoms with Crippen LogP contribution in [0.1, 0.15) is 63.3 Å². The van der Waals surface area contributed by atoms with Crippen LogP contribution in [-0.2, 0) is 6.42 Å². The number of nitrogen functional groups attached to an aromatic ring is 1. The number of nitrogens with two attached hydrogens (primary N) is 1. The summed E-state index contributed by atoms with van der Waals surface area (Å²) in [6.07, 6.45) is 10.0. The zero-order valence-corrected chi connectivity index (χ0v) is 12.7. The van der Waals surface area contributed by atoms with Crippen LogP contribution in [0.5, 0.6) is 0 Å². The SMILES string of the molecule is CCc1nc(NN)c(C)c(NC2CCCCCCC2)n1. The summed E-state index contributed by atoms with van der Waals surface area (Å²) < 4.78 is 0. The second kappa shape index (κ2) is 7.43. The van der Waals surface area contributed by atoms with E-state index in [1.165, 1.54) is 44.9 Å². The summed E-state index contributed by atoms with van der Waals surface area (Å²) in [5, 5.41) is 3.62. The number of hydrogen-bond donors (Lipinski definition) is 3. The number of hydrogen-bond acceptors (Lipinski definition) is 5. The summed E-state index contributed by atoms with van der Waals surface area (Å²) in [5.41, 5.74) is 3.69. The van der Waals surface area contributed by atoms with E-state index in [0.717, 1.165) is 29.4 Å². The van der Waals surface area contributed by atoms with Gasteiger partial charge in [0.15, 0.2) is 0 Å². The Kier molecular flexibility index (Phi) is 5.59. The minimum atomic E-state index is 0.527. The third kappa shape index (κ3) is 3.82. The molecule has 4 N–H and O–H groups in total. The van der Waals surface area contributed by atoms with Gasteiger partial charge in [-0.3, -0.25) is 0 Å². The molecule has 0 amide bonds. The number of aromatic nitrogens is 2. The lowest BCUT2D eigenvalue weighted by molar-refractivity contribution is 0.470. The quantitative estimate of drug-likeness (QED) is 0.582. The van der Waals surface area contributed by atoms with Gasteiger partial charge in [-0.15, -0.1) is 0 Å². The highest BCUT2D eigenvalue weighted by Gasteiger charge is 2.15. The van der Waals surface area contributed by atoms with Gasteiger partial charge in [-0.25, -0.2) is 15.8 Å². The monoisotopic (exact) mass is 277 g/mol. The summed E-state index contributed by atoms with van der Waals surface area (Å²) in [5.74, 6) is 8.05. The first-order valence-electron chi connectivity index (χ1n) is 7.85. The lowest BCUT2D eigenvalue weighted by Gasteiger charge is -2.23. The summed E-state index contributed by atoms with van der Waals surface area (Å²) in [6.45, 7) is 4.07. The minimum Gasteiger partial charge on any atom is -0.367 e. The molecule has 1 aromatic rings. The van der Waals surface area contributed by atoms with Gasteiger partial charge in [-0.05, 0) is 19.8 Å². The molecule has 20 heavy (non-hydrogen) atoms.